The van der Waals surface area contributed by atoms with E-state index >= 15 is 0 Å². The van der Waals surface area contributed by atoms with Crippen molar-refractivity contribution < 1.29 is 0 Å². The van der Waals surface area contributed by atoms with Crippen LogP contribution in [-0.4, -0.2) is 16.5 Å². The third-order valence-corrected chi connectivity index (χ3v) is 6.00. The van der Waals surface area contributed by atoms with Crippen molar-refractivity contribution in [1.82, 2.24) is 4.98 Å². The minimum atomic E-state index is 0.614. The fourth-order valence-corrected chi connectivity index (χ4v) is 4.53. The number of anilines is 1. The van der Waals surface area contributed by atoms with Crippen molar-refractivity contribution in [2.45, 2.75) is 9.10 Å². The molecule has 7 heteroatoms. The second-order valence-corrected chi connectivity index (χ2v) is 7.73. The molecule has 0 saturated heterocycles. The molecule has 2 rings (SSSR count). The van der Waals surface area contributed by atoms with Gasteiger partial charge in [-0.15, -0.1) is 23.5 Å². The first kappa shape index (κ1) is 14.3. The Kier molecular flexibility index (Phi) is 5.51. The van der Waals surface area contributed by atoms with Crippen molar-refractivity contribution in [3.63, 3.8) is 0 Å². The minimum Gasteiger partial charge on any atom is -0.375 e. The van der Waals surface area contributed by atoms with Gasteiger partial charge in [-0.25, -0.2) is 4.98 Å². The largest absolute Gasteiger partial charge is 0.375 e. The zero-order valence-corrected chi connectivity index (χ0v) is 13.2. The molecule has 96 valence electrons. The highest BCUT2D eigenvalue weighted by atomic mass is 35.5. The smallest absolute Gasteiger partial charge is 0.181 e. The number of hydrogen-bond donors (Lipinski definition) is 1. The van der Waals surface area contributed by atoms with Crippen LogP contribution in [0.1, 0.15) is 0 Å². The van der Waals surface area contributed by atoms with Gasteiger partial charge in [-0.3, -0.25) is 0 Å². The fraction of sp³-hybridized carbons (Fsp3) is 0.182. The first-order valence-electron chi connectivity index (χ1n) is 5.07. The number of rotatable bonds is 5. The Morgan fingerprint density at radius 2 is 2.00 bits per heavy atom. The summed E-state index contributed by atoms with van der Waals surface area (Å²) >= 11 is 17.0. The van der Waals surface area contributed by atoms with Crippen LogP contribution in [0.25, 0.3) is 0 Å². The minimum absolute atomic E-state index is 0.614. The summed E-state index contributed by atoms with van der Waals surface area (Å²) in [6.07, 6.45) is 1.81. The van der Waals surface area contributed by atoms with Crippen LogP contribution in [0.4, 0.5) is 5.13 Å². The molecule has 0 radical (unpaired) electrons. The second-order valence-electron chi connectivity index (χ2n) is 3.29. The van der Waals surface area contributed by atoms with Gasteiger partial charge in [0.05, 0.1) is 15.4 Å². The molecule has 0 fully saturated rings. The number of thiazole rings is 1. The number of aromatic nitrogens is 1. The molecule has 2 nitrogen and oxygen atoms in total. The van der Waals surface area contributed by atoms with Crippen molar-refractivity contribution in [3.05, 3.63) is 34.4 Å². The van der Waals surface area contributed by atoms with Gasteiger partial charge in [-0.05, 0) is 18.2 Å². The lowest BCUT2D eigenvalue weighted by Gasteiger charge is -2.04. The zero-order valence-electron chi connectivity index (χ0n) is 9.23. The summed E-state index contributed by atoms with van der Waals surface area (Å²) in [4.78, 5) is 5.03. The summed E-state index contributed by atoms with van der Waals surface area (Å²) in [5, 5.41) is 2.07. The number of nitrogen functional groups attached to an aromatic ring is 1. The van der Waals surface area contributed by atoms with Gasteiger partial charge in [0, 0.05) is 21.4 Å². The van der Waals surface area contributed by atoms with Crippen molar-refractivity contribution in [1.29, 1.82) is 0 Å². The van der Waals surface area contributed by atoms with Crippen LogP contribution in [0.2, 0.25) is 10.0 Å². The first-order chi connectivity index (χ1) is 8.65. The summed E-state index contributed by atoms with van der Waals surface area (Å²) in [6.45, 7) is 0. The summed E-state index contributed by atoms with van der Waals surface area (Å²) in [5.74, 6) is 1.94. The van der Waals surface area contributed by atoms with Crippen LogP contribution < -0.4 is 5.73 Å². The van der Waals surface area contributed by atoms with E-state index in [-0.39, 0.29) is 0 Å². The SMILES string of the molecule is Nc1ncc(SCCSc2cc(Cl)ccc2Cl)s1. The average molecular weight is 337 g/mol. The maximum absolute atomic E-state index is 6.08. The van der Waals surface area contributed by atoms with E-state index < -0.39 is 0 Å². The predicted molar refractivity (Wildman–Crippen MR) is 84.4 cm³/mol. The van der Waals surface area contributed by atoms with Crippen LogP contribution in [0.15, 0.2) is 33.5 Å². The van der Waals surface area contributed by atoms with Gasteiger partial charge in [-0.2, -0.15) is 0 Å². The molecule has 1 heterocycles. The lowest BCUT2D eigenvalue weighted by molar-refractivity contribution is 1.37. The quantitative estimate of drug-likeness (QED) is 0.621. The number of nitrogens with two attached hydrogens (primary N) is 1. The van der Waals surface area contributed by atoms with Crippen molar-refractivity contribution in [2.75, 3.05) is 17.2 Å². The van der Waals surface area contributed by atoms with E-state index in [1.807, 2.05) is 18.3 Å². The average Bonchev–Trinajstić information content (AvgIpc) is 2.75. The van der Waals surface area contributed by atoms with E-state index in [1.54, 1.807) is 29.6 Å². The van der Waals surface area contributed by atoms with E-state index in [0.717, 1.165) is 25.6 Å². The molecule has 1 aromatic carbocycles. The Morgan fingerprint density at radius 3 is 2.72 bits per heavy atom. The van der Waals surface area contributed by atoms with E-state index in [2.05, 4.69) is 4.98 Å². The molecular weight excluding hydrogens is 327 g/mol. The monoisotopic (exact) mass is 336 g/mol. The Labute approximate surface area is 128 Å². The normalized spacial score (nSPS) is 10.8. The maximum Gasteiger partial charge on any atom is 0.181 e. The van der Waals surface area contributed by atoms with Crippen LogP contribution in [0.5, 0.6) is 0 Å². The third kappa shape index (κ3) is 4.24. The van der Waals surface area contributed by atoms with Gasteiger partial charge in [0.25, 0.3) is 0 Å². The molecule has 0 unspecified atom stereocenters. The molecule has 0 aliphatic heterocycles. The lowest BCUT2D eigenvalue weighted by Crippen LogP contribution is -1.84. The Hall–Kier alpha value is -0.0700. The van der Waals surface area contributed by atoms with Crippen LogP contribution in [0.3, 0.4) is 0 Å². The van der Waals surface area contributed by atoms with Gasteiger partial charge in [0.2, 0.25) is 0 Å². The summed E-state index contributed by atoms with van der Waals surface area (Å²) in [6, 6.07) is 5.51. The van der Waals surface area contributed by atoms with Crippen molar-refractivity contribution >= 4 is 63.2 Å². The fourth-order valence-electron chi connectivity index (χ4n) is 1.22. The number of nitrogens with zero attached hydrogens (tertiary/aromatic N) is 1. The molecule has 18 heavy (non-hydrogen) atoms. The molecule has 0 atom stereocenters. The molecule has 0 bridgehead atoms. The number of thioether (sulfide) groups is 2. The van der Waals surface area contributed by atoms with E-state index in [4.69, 9.17) is 28.9 Å². The van der Waals surface area contributed by atoms with Gasteiger partial charge in [0.1, 0.15) is 0 Å². The molecular formula is C11H10Cl2N2S3. The molecule has 0 saturated carbocycles. The van der Waals surface area contributed by atoms with Gasteiger partial charge < -0.3 is 5.73 Å². The Balaban J connectivity index is 1.80. The zero-order chi connectivity index (χ0) is 13.0. The lowest BCUT2D eigenvalue weighted by atomic mass is 10.4. The van der Waals surface area contributed by atoms with Gasteiger partial charge in [-0.1, -0.05) is 34.5 Å². The van der Waals surface area contributed by atoms with Gasteiger partial charge >= 0.3 is 0 Å². The number of halogens is 2. The number of hydrogen-bond acceptors (Lipinski definition) is 5. The molecule has 0 amide bonds. The highest BCUT2D eigenvalue weighted by molar-refractivity contribution is 8.04. The first-order valence-corrected chi connectivity index (χ1v) is 8.61. The van der Waals surface area contributed by atoms with Crippen LogP contribution in [-0.2, 0) is 0 Å². The molecule has 2 aromatic rings. The molecule has 2 N–H and O–H groups in total. The summed E-state index contributed by atoms with van der Waals surface area (Å²) in [5.41, 5.74) is 5.57. The second kappa shape index (κ2) is 6.91. The van der Waals surface area contributed by atoms with Crippen molar-refractivity contribution in [2.24, 2.45) is 0 Å². The summed E-state index contributed by atoms with van der Waals surface area (Å²) in [7, 11) is 0. The summed E-state index contributed by atoms with van der Waals surface area (Å²) < 4.78 is 1.14. The third-order valence-electron chi connectivity index (χ3n) is 1.98. The molecule has 0 aliphatic carbocycles. The Morgan fingerprint density at radius 1 is 1.22 bits per heavy atom. The highest BCUT2D eigenvalue weighted by Gasteiger charge is 2.03. The highest BCUT2D eigenvalue weighted by Crippen LogP contribution is 2.32. The topological polar surface area (TPSA) is 38.9 Å². The predicted octanol–water partition coefficient (Wildman–Crippen LogP) is 4.92. The molecule has 0 spiro atoms. The van der Waals surface area contributed by atoms with E-state index in [9.17, 15) is 0 Å². The maximum atomic E-state index is 6.08. The molecule has 1 aromatic heterocycles. The van der Waals surface area contributed by atoms with Crippen molar-refractivity contribution in [3.8, 4) is 0 Å². The van der Waals surface area contributed by atoms with Crippen LogP contribution in [0, 0.1) is 0 Å². The Bertz CT molecular complexity index is 531. The standard InChI is InChI=1S/C11H10Cl2N2S3/c12-7-1-2-8(13)9(5-7)16-3-4-17-10-6-15-11(14)18-10/h1-2,5-6H,3-4H2,(H2,14,15). The van der Waals surface area contributed by atoms with E-state index in [0.29, 0.717) is 10.2 Å². The molecule has 0 aliphatic rings. The van der Waals surface area contributed by atoms with E-state index in [1.165, 1.54) is 11.3 Å². The van der Waals surface area contributed by atoms with Gasteiger partial charge in [0.15, 0.2) is 5.13 Å². The van der Waals surface area contributed by atoms with Crippen LogP contribution >= 0.6 is 58.1 Å². The number of benzene rings is 1.